The van der Waals surface area contributed by atoms with Crippen LogP contribution in [0.4, 0.5) is 0 Å². The van der Waals surface area contributed by atoms with Crippen LogP contribution >= 0.6 is 0 Å². The van der Waals surface area contributed by atoms with Crippen LogP contribution in [-0.2, 0) is 0 Å². The van der Waals surface area contributed by atoms with Crippen LogP contribution in [0.15, 0.2) is 24.3 Å². The smallest absolute Gasteiger partial charge is 0.0592 e. The van der Waals surface area contributed by atoms with E-state index in [0.717, 1.165) is 5.56 Å². The third kappa shape index (κ3) is 2.54. The molecule has 2 heteroatoms. The summed E-state index contributed by atoms with van der Waals surface area (Å²) < 4.78 is 0. The van der Waals surface area contributed by atoms with Gasteiger partial charge in [0, 0.05) is 12.5 Å². The predicted octanol–water partition coefficient (Wildman–Crippen LogP) is 1.42. The van der Waals surface area contributed by atoms with Gasteiger partial charge in [0.1, 0.15) is 0 Å². The fourth-order valence-corrected chi connectivity index (χ4v) is 1.43. The van der Waals surface area contributed by atoms with Gasteiger partial charge in [-0.25, -0.2) is 0 Å². The van der Waals surface area contributed by atoms with Gasteiger partial charge in [0.25, 0.3) is 0 Å². The minimum absolute atomic E-state index is 0.0561. The summed E-state index contributed by atoms with van der Waals surface area (Å²) in [6, 6.07) is 8.14. The molecule has 0 bridgehead atoms. The Balaban J connectivity index is 2.86. The Morgan fingerprint density at radius 3 is 2.23 bits per heavy atom. The van der Waals surface area contributed by atoms with Crippen molar-refractivity contribution >= 4 is 0 Å². The molecule has 0 aromatic heterocycles. The maximum atomic E-state index is 9.45. The van der Waals surface area contributed by atoms with Crippen molar-refractivity contribution in [2.24, 2.45) is 5.73 Å². The molecule has 0 aliphatic carbocycles. The van der Waals surface area contributed by atoms with E-state index in [4.69, 9.17) is 5.73 Å². The van der Waals surface area contributed by atoms with E-state index in [0.29, 0.717) is 6.54 Å². The maximum Gasteiger partial charge on any atom is 0.0592 e. The monoisotopic (exact) mass is 179 g/mol. The van der Waals surface area contributed by atoms with E-state index < -0.39 is 0 Å². The van der Waals surface area contributed by atoms with Crippen LogP contribution in [0.25, 0.3) is 0 Å². The average Bonchev–Trinajstić information content (AvgIpc) is 2.09. The molecule has 2 nitrogen and oxygen atoms in total. The van der Waals surface area contributed by atoms with Gasteiger partial charge >= 0.3 is 0 Å². The highest BCUT2D eigenvalue weighted by Crippen LogP contribution is 2.18. The zero-order valence-electron chi connectivity index (χ0n) is 8.20. The third-order valence-corrected chi connectivity index (χ3v) is 2.34. The predicted molar refractivity (Wildman–Crippen MR) is 54.7 cm³/mol. The Morgan fingerprint density at radius 2 is 1.85 bits per heavy atom. The number of aliphatic hydroxyl groups excluding tert-OH is 1. The lowest BCUT2D eigenvalue weighted by molar-refractivity contribution is 0.164. The van der Waals surface area contributed by atoms with Gasteiger partial charge in [0.15, 0.2) is 0 Å². The van der Waals surface area contributed by atoms with Gasteiger partial charge in [-0.1, -0.05) is 29.8 Å². The van der Waals surface area contributed by atoms with Crippen molar-refractivity contribution < 1.29 is 5.11 Å². The molecular weight excluding hydrogens is 162 g/mol. The molecule has 3 N–H and O–H groups in total. The van der Waals surface area contributed by atoms with Crippen LogP contribution in [-0.4, -0.2) is 17.8 Å². The number of benzene rings is 1. The van der Waals surface area contributed by atoms with Crippen molar-refractivity contribution in [2.75, 3.05) is 6.54 Å². The number of rotatable bonds is 3. The molecule has 1 rings (SSSR count). The third-order valence-electron chi connectivity index (χ3n) is 2.34. The van der Waals surface area contributed by atoms with E-state index in [9.17, 15) is 5.11 Å². The highest BCUT2D eigenvalue weighted by atomic mass is 16.3. The summed E-state index contributed by atoms with van der Waals surface area (Å²) in [4.78, 5) is 0. The van der Waals surface area contributed by atoms with Crippen LogP contribution in [0, 0.1) is 6.92 Å². The van der Waals surface area contributed by atoms with Crippen molar-refractivity contribution in [3.05, 3.63) is 35.4 Å². The van der Waals surface area contributed by atoms with Crippen molar-refractivity contribution in [3.8, 4) is 0 Å². The Bertz CT molecular complexity index is 253. The molecule has 2 atom stereocenters. The van der Waals surface area contributed by atoms with Crippen molar-refractivity contribution in [1.29, 1.82) is 0 Å². The summed E-state index contributed by atoms with van der Waals surface area (Å²) in [6.07, 6.45) is -0.382. The minimum Gasteiger partial charge on any atom is -0.393 e. The summed E-state index contributed by atoms with van der Waals surface area (Å²) in [5.41, 5.74) is 7.92. The molecule has 13 heavy (non-hydrogen) atoms. The maximum absolute atomic E-state index is 9.45. The summed E-state index contributed by atoms with van der Waals surface area (Å²) in [5.74, 6) is 0.0561. The second-order valence-electron chi connectivity index (χ2n) is 3.49. The van der Waals surface area contributed by atoms with Gasteiger partial charge in [-0.3, -0.25) is 0 Å². The summed E-state index contributed by atoms with van der Waals surface area (Å²) in [7, 11) is 0. The van der Waals surface area contributed by atoms with Gasteiger partial charge in [0.2, 0.25) is 0 Å². The van der Waals surface area contributed by atoms with Crippen LogP contribution in [0.3, 0.4) is 0 Å². The number of nitrogens with two attached hydrogens (primary N) is 1. The summed E-state index contributed by atoms with van der Waals surface area (Å²) in [6.45, 7) is 4.31. The fourth-order valence-electron chi connectivity index (χ4n) is 1.43. The van der Waals surface area contributed by atoms with Gasteiger partial charge in [-0.05, 0) is 19.4 Å². The van der Waals surface area contributed by atoms with E-state index in [1.807, 2.05) is 31.2 Å². The topological polar surface area (TPSA) is 46.2 Å². The van der Waals surface area contributed by atoms with Gasteiger partial charge in [-0.2, -0.15) is 0 Å². The Labute approximate surface area is 79.4 Å². The van der Waals surface area contributed by atoms with Crippen LogP contribution < -0.4 is 5.73 Å². The number of hydrogen-bond acceptors (Lipinski definition) is 2. The van der Waals surface area contributed by atoms with E-state index in [1.165, 1.54) is 5.56 Å². The van der Waals surface area contributed by atoms with Gasteiger partial charge in [0.05, 0.1) is 6.10 Å². The molecule has 0 aliphatic rings. The standard InChI is InChI=1S/C11H17NO/c1-8-3-5-10(6-4-8)11(7-12)9(2)13/h3-6,9,11,13H,7,12H2,1-2H3. The lowest BCUT2D eigenvalue weighted by Crippen LogP contribution is -2.23. The molecule has 0 spiro atoms. The number of hydrogen-bond donors (Lipinski definition) is 2. The first-order valence-electron chi connectivity index (χ1n) is 4.60. The molecule has 0 aliphatic heterocycles. The molecule has 1 aromatic rings. The SMILES string of the molecule is Cc1ccc(C(CN)C(C)O)cc1. The molecule has 72 valence electrons. The first kappa shape index (κ1) is 10.2. The fraction of sp³-hybridized carbons (Fsp3) is 0.455. The Hall–Kier alpha value is -0.860. The van der Waals surface area contributed by atoms with Crippen LogP contribution in [0.2, 0.25) is 0 Å². The highest BCUT2D eigenvalue weighted by Gasteiger charge is 2.14. The molecule has 0 heterocycles. The van der Waals surface area contributed by atoms with Gasteiger partial charge < -0.3 is 10.8 Å². The molecule has 0 saturated heterocycles. The normalized spacial score (nSPS) is 15.4. The molecule has 2 unspecified atom stereocenters. The second kappa shape index (κ2) is 4.40. The average molecular weight is 179 g/mol. The molecule has 0 saturated carbocycles. The van der Waals surface area contributed by atoms with Gasteiger partial charge in [-0.15, -0.1) is 0 Å². The Morgan fingerprint density at radius 1 is 1.31 bits per heavy atom. The largest absolute Gasteiger partial charge is 0.393 e. The Kier molecular flexibility index (Phi) is 3.46. The van der Waals surface area contributed by atoms with Crippen LogP contribution in [0.1, 0.15) is 24.0 Å². The summed E-state index contributed by atoms with van der Waals surface area (Å²) in [5, 5.41) is 9.45. The minimum atomic E-state index is -0.382. The van der Waals surface area contributed by atoms with Crippen molar-refractivity contribution in [2.45, 2.75) is 25.9 Å². The lowest BCUT2D eigenvalue weighted by Gasteiger charge is -2.18. The van der Waals surface area contributed by atoms with Crippen LogP contribution in [0.5, 0.6) is 0 Å². The second-order valence-corrected chi connectivity index (χ2v) is 3.49. The van der Waals surface area contributed by atoms with E-state index >= 15 is 0 Å². The highest BCUT2D eigenvalue weighted by molar-refractivity contribution is 5.25. The lowest BCUT2D eigenvalue weighted by atomic mass is 9.94. The van der Waals surface area contributed by atoms with E-state index in [-0.39, 0.29) is 12.0 Å². The zero-order chi connectivity index (χ0) is 9.84. The summed E-state index contributed by atoms with van der Waals surface area (Å²) >= 11 is 0. The molecule has 0 fully saturated rings. The molecule has 0 amide bonds. The molecular formula is C11H17NO. The molecule has 0 radical (unpaired) electrons. The first-order chi connectivity index (χ1) is 6.15. The number of aliphatic hydroxyl groups is 1. The number of aryl methyl sites for hydroxylation is 1. The first-order valence-corrected chi connectivity index (χ1v) is 4.60. The molecule has 1 aromatic carbocycles. The van der Waals surface area contributed by atoms with Crippen molar-refractivity contribution in [3.63, 3.8) is 0 Å². The van der Waals surface area contributed by atoms with Crippen molar-refractivity contribution in [1.82, 2.24) is 0 Å². The van der Waals surface area contributed by atoms with E-state index in [1.54, 1.807) is 6.92 Å². The zero-order valence-corrected chi connectivity index (χ0v) is 8.20. The van der Waals surface area contributed by atoms with E-state index in [2.05, 4.69) is 0 Å². The quantitative estimate of drug-likeness (QED) is 0.737.